The number of rotatable bonds is 85. The molecule has 0 unspecified atom stereocenters. The quantitative estimate of drug-likeness (QED) is 0.0151. The zero-order valence-electron chi connectivity index (χ0n) is 61.8. The third-order valence-corrected chi connectivity index (χ3v) is 15.9. The minimum atomic E-state index is -0.199. The van der Waals surface area contributed by atoms with Gasteiger partial charge in [0.05, 0.1) is 245 Å². The predicted octanol–water partition coefficient (Wildman–Crippen LogP) is 6.90. The van der Waals surface area contributed by atoms with Gasteiger partial charge in [-0.1, -0.05) is 123 Å². The normalized spacial score (nSPS) is 13.3. The van der Waals surface area contributed by atoms with Crippen molar-refractivity contribution in [2.24, 2.45) is 0 Å². The Morgan fingerprint density at radius 2 is 0.515 bits per heavy atom. The van der Waals surface area contributed by atoms with Crippen molar-refractivity contribution >= 4 is 5.97 Å². The third kappa shape index (κ3) is 79.0. The van der Waals surface area contributed by atoms with Crippen LogP contribution in [0, 0.1) is 0 Å². The summed E-state index contributed by atoms with van der Waals surface area (Å²) >= 11 is 0. The van der Waals surface area contributed by atoms with E-state index in [4.69, 9.17) is 99.8 Å². The van der Waals surface area contributed by atoms with Crippen LogP contribution in [0.3, 0.4) is 0 Å². The van der Waals surface area contributed by atoms with Crippen molar-refractivity contribution in [3.63, 3.8) is 0 Å². The molecule has 97 heavy (non-hydrogen) atoms. The van der Waals surface area contributed by atoms with Gasteiger partial charge in [0.15, 0.2) is 6.79 Å². The van der Waals surface area contributed by atoms with E-state index in [1.807, 2.05) is 0 Å². The van der Waals surface area contributed by atoms with Gasteiger partial charge in [-0.25, -0.2) is 9.78 Å². The highest BCUT2D eigenvalue weighted by molar-refractivity contribution is 5.69. The molecule has 0 aromatic carbocycles. The second kappa shape index (κ2) is 84.0. The van der Waals surface area contributed by atoms with Gasteiger partial charge in [-0.15, -0.1) is 0 Å². The molecule has 0 atom stereocenters. The average molecular weight is 1470 g/mol. The lowest BCUT2D eigenvalue weighted by molar-refractivity contribution is -0.913. The summed E-state index contributed by atoms with van der Waals surface area (Å²) < 4.78 is 107. The number of piperazine rings is 1. The van der Waals surface area contributed by atoms with Gasteiger partial charge < -0.3 is 111 Å². The second-order valence-corrected chi connectivity index (χ2v) is 24.4. The van der Waals surface area contributed by atoms with Crippen LogP contribution < -0.4 is 17.0 Å². The van der Waals surface area contributed by atoms with Crippen molar-refractivity contribution in [3.8, 4) is 0 Å². The minimum Gasteiger partial charge on any atom is -1.00 e. The maximum Gasteiger partial charge on any atom is 0.307 e. The van der Waals surface area contributed by atoms with Crippen LogP contribution in [-0.4, -0.2) is 313 Å². The lowest BCUT2D eigenvalue weighted by atomic mass is 10.0. The van der Waals surface area contributed by atoms with Gasteiger partial charge in [-0.3, -0.25) is 9.69 Å². The molecule has 0 radical (unpaired) electrons. The van der Waals surface area contributed by atoms with Crippen molar-refractivity contribution < 1.29 is 126 Å². The lowest BCUT2D eigenvalue weighted by Gasteiger charge is -2.42. The van der Waals surface area contributed by atoms with E-state index < -0.39 is 0 Å². The van der Waals surface area contributed by atoms with Gasteiger partial charge in [-0.05, 0) is 38.5 Å². The Bertz CT molecular complexity index is 1480. The molecule has 1 aliphatic heterocycles. The fourth-order valence-corrected chi connectivity index (χ4v) is 10.0. The number of likely N-dealkylation sites (N-methyl/N-ethyl adjacent to an activating group) is 1. The number of hydrogen-bond acceptors (Lipinski definition) is 23. The number of carbonyl (C=O) groups excluding carboxylic acids is 1. The first-order valence-corrected chi connectivity index (χ1v) is 37.9. The maximum atomic E-state index is 12.2. The molecule has 0 aliphatic carbocycles. The Kier molecular flexibility index (Phi) is 83.2. The van der Waals surface area contributed by atoms with E-state index in [-0.39, 0.29) is 49.6 Å². The Morgan fingerprint density at radius 1 is 0.278 bits per heavy atom. The summed E-state index contributed by atoms with van der Waals surface area (Å²) in [6.07, 6.45) is 30.7. The van der Waals surface area contributed by atoms with Crippen molar-refractivity contribution in [1.82, 2.24) is 4.90 Å². The van der Waals surface area contributed by atoms with Crippen LogP contribution in [-0.2, 0) is 105 Å². The lowest BCUT2D eigenvalue weighted by Crippen LogP contribution is -3.00. The van der Waals surface area contributed by atoms with Gasteiger partial charge >= 0.3 is 5.97 Å². The molecule has 1 heterocycles. The topological polar surface area (TPSA) is 214 Å². The average Bonchev–Trinajstić information content (AvgIpc) is 0.911. The van der Waals surface area contributed by atoms with Crippen molar-refractivity contribution in [2.45, 2.75) is 168 Å². The van der Waals surface area contributed by atoms with Gasteiger partial charge in [-0.2, -0.15) is 0 Å². The monoisotopic (exact) mass is 1470 g/mol. The number of unbranched alkanes of at least 4 members (excludes halogenated alkanes) is 20. The van der Waals surface area contributed by atoms with E-state index in [1.54, 1.807) is 0 Å². The van der Waals surface area contributed by atoms with Crippen LogP contribution in [0.5, 0.6) is 0 Å². The fraction of sp³-hybridized carbons (Fsp3) is 0.986. The summed E-state index contributed by atoms with van der Waals surface area (Å²) in [5, 5.41) is 0. The number of hydrogen-bond donors (Lipinski definition) is 0. The SMILES string of the molecule is CCCCCCCCCCCCCCCCCCOCCOCCOCCOCCOCCOCCOCCOCCOCCOCCOCCOCCOCCOCCOCCCCCOCCOCCOOCOCCOC(=O)CCN1CC[N+](C)(CCCCCC)CC1.[Br-]. The molecule has 1 rings (SSSR count). The molecule has 1 saturated heterocycles. The fourth-order valence-electron chi connectivity index (χ4n) is 10.0. The molecule has 0 N–H and O–H groups in total. The van der Waals surface area contributed by atoms with E-state index in [0.717, 1.165) is 69.5 Å². The molecule has 0 bridgehead atoms. The molecule has 1 fully saturated rings. The highest BCUT2D eigenvalue weighted by atomic mass is 79.9. The standard InChI is InChI=1S/C72H145N2O22.BrH/c1-4-6-8-10-11-12-13-14-15-16-17-18-19-20-21-24-34-76-37-40-79-43-45-81-47-49-83-51-53-85-55-57-87-59-61-89-63-65-91-66-64-90-62-60-88-58-56-86-54-52-84-50-48-82-46-44-80-41-38-77-35-25-22-26-36-78-39-42-92-68-70-95-96-71-93-67-69-94-72(75)27-28-73-29-32-74(3,33-30-73)31-23-9-7-5-2;/h4-71H2,1-3H3;1H/q+1;/p-1. The van der Waals surface area contributed by atoms with Crippen LogP contribution >= 0.6 is 0 Å². The van der Waals surface area contributed by atoms with Crippen LogP contribution in [0.2, 0.25) is 0 Å². The summed E-state index contributed by atoms with van der Waals surface area (Å²) in [6, 6.07) is 0. The molecule has 0 spiro atoms. The molecular formula is C72H145BrN2O22. The molecule has 0 aromatic rings. The van der Waals surface area contributed by atoms with E-state index in [2.05, 4.69) is 25.8 Å². The molecular weight excluding hydrogens is 1320 g/mol. The summed E-state index contributed by atoms with van der Waals surface area (Å²) in [4.78, 5) is 24.6. The summed E-state index contributed by atoms with van der Waals surface area (Å²) in [6.45, 7) is 29.7. The molecule has 25 heteroatoms. The molecule has 0 aromatic heterocycles. The highest BCUT2D eigenvalue weighted by Gasteiger charge is 2.28. The number of ether oxygens (including phenoxy) is 19. The molecule has 1 aliphatic rings. The second-order valence-electron chi connectivity index (χ2n) is 24.4. The smallest absolute Gasteiger partial charge is 0.307 e. The molecule has 0 amide bonds. The minimum absolute atomic E-state index is 0. The van der Waals surface area contributed by atoms with E-state index in [1.165, 1.54) is 129 Å². The number of esters is 1. The Labute approximate surface area is 599 Å². The number of nitrogens with zero attached hydrogens (tertiary/aromatic N) is 2. The first-order chi connectivity index (χ1) is 47.6. The predicted molar refractivity (Wildman–Crippen MR) is 372 cm³/mol. The third-order valence-electron chi connectivity index (χ3n) is 15.9. The van der Waals surface area contributed by atoms with Gasteiger partial charge in [0.25, 0.3) is 0 Å². The molecule has 0 saturated carbocycles. The van der Waals surface area contributed by atoms with Gasteiger partial charge in [0, 0.05) is 39.5 Å². The van der Waals surface area contributed by atoms with E-state index >= 15 is 0 Å². The van der Waals surface area contributed by atoms with E-state index in [9.17, 15) is 4.79 Å². The molecule has 24 nitrogen and oxygen atoms in total. The summed E-state index contributed by atoms with van der Waals surface area (Å²) in [7, 11) is 2.37. The Balaban J connectivity index is 0.0000922. The summed E-state index contributed by atoms with van der Waals surface area (Å²) in [5.74, 6) is -0.199. The Morgan fingerprint density at radius 3 is 0.814 bits per heavy atom. The number of quaternary nitrogens is 1. The first kappa shape index (κ1) is 96.1. The van der Waals surface area contributed by atoms with Crippen LogP contribution in [0.25, 0.3) is 0 Å². The van der Waals surface area contributed by atoms with Gasteiger partial charge in [0.2, 0.25) is 0 Å². The summed E-state index contributed by atoms with van der Waals surface area (Å²) in [5.41, 5.74) is 0. The van der Waals surface area contributed by atoms with Crippen molar-refractivity contribution in [3.05, 3.63) is 0 Å². The highest BCUT2D eigenvalue weighted by Crippen LogP contribution is 2.16. The Hall–Kier alpha value is -0.930. The van der Waals surface area contributed by atoms with E-state index in [0.29, 0.717) is 224 Å². The van der Waals surface area contributed by atoms with Crippen LogP contribution in [0.4, 0.5) is 0 Å². The zero-order valence-corrected chi connectivity index (χ0v) is 63.4. The van der Waals surface area contributed by atoms with Crippen LogP contribution in [0.15, 0.2) is 0 Å². The zero-order chi connectivity index (χ0) is 68.6. The largest absolute Gasteiger partial charge is 1.00 e. The van der Waals surface area contributed by atoms with Crippen molar-refractivity contribution in [2.75, 3.05) is 298 Å². The maximum absolute atomic E-state index is 12.2. The van der Waals surface area contributed by atoms with Crippen molar-refractivity contribution in [1.29, 1.82) is 0 Å². The van der Waals surface area contributed by atoms with Gasteiger partial charge in [0.1, 0.15) is 13.2 Å². The number of carbonyl (C=O) groups is 1. The molecule has 582 valence electrons. The first-order valence-electron chi connectivity index (χ1n) is 37.9. The van der Waals surface area contributed by atoms with Crippen LogP contribution in [0.1, 0.15) is 168 Å². The number of halogens is 1.